The number of nitrogens with one attached hydrogen (secondary N) is 2. The number of carbonyl (C=O) groups is 1. The van der Waals surface area contributed by atoms with Crippen molar-refractivity contribution in [2.75, 3.05) is 17.7 Å². The fourth-order valence-electron chi connectivity index (χ4n) is 3.86. The van der Waals surface area contributed by atoms with Crippen LogP contribution in [0.3, 0.4) is 0 Å². The molecule has 0 unspecified atom stereocenters. The van der Waals surface area contributed by atoms with Crippen molar-refractivity contribution in [3.8, 4) is 23.1 Å². The Labute approximate surface area is 225 Å². The van der Waals surface area contributed by atoms with Gasteiger partial charge in [0.1, 0.15) is 11.5 Å². The number of hydrogen-bond acceptors (Lipinski definition) is 8. The number of methoxy groups -OCH3 is 1. The third kappa shape index (κ3) is 5.20. The predicted octanol–water partition coefficient (Wildman–Crippen LogP) is 4.46. The van der Waals surface area contributed by atoms with Gasteiger partial charge in [0.05, 0.1) is 19.0 Å². The molecule has 0 bridgehead atoms. The van der Waals surface area contributed by atoms with Crippen LogP contribution in [0.2, 0.25) is 0 Å². The van der Waals surface area contributed by atoms with E-state index in [1.807, 2.05) is 0 Å². The minimum Gasteiger partial charge on any atom is -0.478 e. The Balaban J connectivity index is 1.68. The van der Waals surface area contributed by atoms with Crippen LogP contribution in [-0.4, -0.2) is 37.3 Å². The zero-order valence-corrected chi connectivity index (χ0v) is 21.2. The van der Waals surface area contributed by atoms with Crippen molar-refractivity contribution in [3.63, 3.8) is 0 Å². The summed E-state index contributed by atoms with van der Waals surface area (Å²) in [7, 11) is 3.19. The van der Waals surface area contributed by atoms with Gasteiger partial charge in [-0.05, 0) is 42.5 Å². The summed E-state index contributed by atoms with van der Waals surface area (Å²) in [6.07, 6.45) is 4.22. The summed E-state index contributed by atoms with van der Waals surface area (Å²) in [5, 5.41) is 10.2. The van der Waals surface area contributed by atoms with Gasteiger partial charge < -0.3 is 20.1 Å². The quantitative estimate of drug-likeness (QED) is 0.274. The summed E-state index contributed by atoms with van der Waals surface area (Å²) >= 11 is 0. The first-order valence-electron chi connectivity index (χ1n) is 11.7. The molecule has 1 amide bonds. The maximum Gasteiger partial charge on any atom is 0.299 e. The van der Waals surface area contributed by atoms with Gasteiger partial charge in [0.25, 0.3) is 11.4 Å². The number of pyridine rings is 1. The highest BCUT2D eigenvalue weighted by Gasteiger charge is 2.18. The molecule has 2 N–H and O–H groups in total. The molecular weight excluding hydrogens is 524 g/mol. The number of ether oxygens (including phenoxy) is 2. The molecule has 0 radical (unpaired) electrons. The number of amides is 1. The first-order valence-corrected chi connectivity index (χ1v) is 11.7. The van der Waals surface area contributed by atoms with Crippen LogP contribution >= 0.6 is 0 Å². The van der Waals surface area contributed by atoms with E-state index >= 15 is 0 Å². The van der Waals surface area contributed by atoms with E-state index in [2.05, 4.69) is 32.3 Å². The Bertz CT molecular complexity index is 1830. The summed E-state index contributed by atoms with van der Waals surface area (Å²) in [5.74, 6) is -2.41. The number of fused-ring (bicyclic) bond motifs is 1. The van der Waals surface area contributed by atoms with Crippen molar-refractivity contribution in [2.24, 2.45) is 7.05 Å². The molecule has 13 heteroatoms. The number of benzene rings is 2. The van der Waals surface area contributed by atoms with Gasteiger partial charge in [-0.3, -0.25) is 18.8 Å². The van der Waals surface area contributed by atoms with Gasteiger partial charge in [0, 0.05) is 30.4 Å². The van der Waals surface area contributed by atoms with Crippen LogP contribution in [0.4, 0.5) is 26.1 Å². The van der Waals surface area contributed by atoms with E-state index in [0.717, 1.165) is 18.2 Å². The second-order valence-electron chi connectivity index (χ2n) is 8.39. The van der Waals surface area contributed by atoms with Gasteiger partial charge >= 0.3 is 0 Å². The largest absolute Gasteiger partial charge is 0.478 e. The predicted molar refractivity (Wildman–Crippen MR) is 143 cm³/mol. The first kappa shape index (κ1) is 26.0. The molecule has 5 rings (SSSR count). The smallest absolute Gasteiger partial charge is 0.299 e. The molecule has 0 aliphatic rings. The third-order valence-electron chi connectivity index (χ3n) is 5.61. The zero-order chi connectivity index (χ0) is 28.4. The average molecular weight is 546 g/mol. The lowest BCUT2D eigenvalue weighted by atomic mass is 10.2. The van der Waals surface area contributed by atoms with Crippen LogP contribution in [0.1, 0.15) is 0 Å². The average Bonchev–Trinajstić information content (AvgIpc) is 3.29. The molecule has 11 nitrogen and oxygen atoms in total. The summed E-state index contributed by atoms with van der Waals surface area (Å²) < 4.78 is 41.4. The van der Waals surface area contributed by atoms with E-state index in [1.165, 1.54) is 23.9 Å². The molecule has 40 heavy (non-hydrogen) atoms. The molecule has 0 spiro atoms. The Kier molecular flexibility index (Phi) is 6.93. The van der Waals surface area contributed by atoms with E-state index in [1.54, 1.807) is 42.2 Å². The van der Waals surface area contributed by atoms with Crippen LogP contribution in [0.15, 0.2) is 78.4 Å². The molecule has 0 saturated carbocycles. The molecule has 0 fully saturated rings. The van der Waals surface area contributed by atoms with Gasteiger partial charge in [-0.2, -0.15) is 4.98 Å². The normalized spacial score (nSPS) is 10.8. The van der Waals surface area contributed by atoms with Crippen molar-refractivity contribution >= 4 is 34.3 Å². The first-order chi connectivity index (χ1) is 19.2. The molecule has 0 atom stereocenters. The number of rotatable bonds is 8. The molecule has 202 valence electrons. The van der Waals surface area contributed by atoms with Crippen molar-refractivity contribution < 1.29 is 23.0 Å². The molecule has 0 aliphatic heterocycles. The molecule has 5 aromatic rings. The Morgan fingerprint density at radius 3 is 2.70 bits per heavy atom. The maximum absolute atomic E-state index is 14.4. The third-order valence-corrected chi connectivity index (χ3v) is 5.61. The van der Waals surface area contributed by atoms with Gasteiger partial charge in [-0.25, -0.2) is 13.8 Å². The zero-order valence-electron chi connectivity index (χ0n) is 21.2. The molecule has 3 heterocycles. The Morgan fingerprint density at radius 1 is 1.12 bits per heavy atom. The SMILES string of the molecule is C=CC(=O)Nc1cccc(-n2c(=O)c(Oc3ccc(F)cc3F)cc3cnc(Nc4cn(C)nc4OC)nc32)c1. The van der Waals surface area contributed by atoms with Crippen molar-refractivity contribution in [2.45, 2.75) is 0 Å². The van der Waals surface area contributed by atoms with Gasteiger partial charge in [-0.15, -0.1) is 5.10 Å². The summed E-state index contributed by atoms with van der Waals surface area (Å²) in [6.45, 7) is 3.44. The van der Waals surface area contributed by atoms with Crippen molar-refractivity contribution in [3.05, 3.63) is 95.6 Å². The Morgan fingerprint density at radius 2 is 1.95 bits per heavy atom. The molecule has 3 aromatic heterocycles. The highest BCUT2D eigenvalue weighted by Crippen LogP contribution is 2.28. The van der Waals surface area contributed by atoms with Crippen LogP contribution in [0.25, 0.3) is 16.7 Å². The number of nitrogens with zero attached hydrogens (tertiary/aromatic N) is 5. The summed E-state index contributed by atoms with van der Waals surface area (Å²) in [5.41, 5.74) is 0.645. The number of aryl methyl sites for hydroxylation is 1. The lowest BCUT2D eigenvalue weighted by Crippen LogP contribution is -2.21. The standard InChI is InChI=1S/C27H21F2N7O4/c1-4-23(37)31-17-6-5-7-18(12-17)36-24-15(10-22(26(36)38)40-21-9-8-16(28)11-19(21)29)13-30-27(33-24)32-20-14-35(2)34-25(20)39-3/h4-14H,1H2,2-3H3,(H,31,37)(H,30,32,33). The number of anilines is 3. The highest BCUT2D eigenvalue weighted by molar-refractivity contribution is 5.99. The fraction of sp³-hybridized carbons (Fsp3) is 0.0741. The van der Waals surface area contributed by atoms with Crippen molar-refractivity contribution in [1.29, 1.82) is 0 Å². The van der Waals surface area contributed by atoms with Crippen LogP contribution in [-0.2, 0) is 11.8 Å². The maximum atomic E-state index is 14.4. The number of carbonyl (C=O) groups excluding carboxylic acids is 1. The van der Waals surface area contributed by atoms with Gasteiger partial charge in [0.2, 0.25) is 11.9 Å². The molecular formula is C27H21F2N7O4. The highest BCUT2D eigenvalue weighted by atomic mass is 19.1. The van der Waals surface area contributed by atoms with Crippen molar-refractivity contribution in [1.82, 2.24) is 24.3 Å². The van der Waals surface area contributed by atoms with Crippen LogP contribution in [0, 0.1) is 11.6 Å². The fourth-order valence-corrected chi connectivity index (χ4v) is 3.86. The van der Waals surface area contributed by atoms with E-state index in [-0.39, 0.29) is 23.1 Å². The van der Waals surface area contributed by atoms with E-state index in [0.29, 0.717) is 34.4 Å². The second-order valence-corrected chi connectivity index (χ2v) is 8.39. The lowest BCUT2D eigenvalue weighted by molar-refractivity contribution is -0.111. The summed E-state index contributed by atoms with van der Waals surface area (Å²) in [4.78, 5) is 34.5. The van der Waals surface area contributed by atoms with E-state index in [9.17, 15) is 18.4 Å². The molecule has 0 saturated heterocycles. The number of hydrogen-bond donors (Lipinski definition) is 2. The topological polar surface area (TPSA) is 125 Å². The Hall–Kier alpha value is -5.59. The summed E-state index contributed by atoms with van der Waals surface area (Å²) in [6, 6.07) is 10.5. The van der Waals surface area contributed by atoms with Crippen LogP contribution < -0.4 is 25.7 Å². The van der Waals surface area contributed by atoms with E-state index in [4.69, 9.17) is 9.47 Å². The van der Waals surface area contributed by atoms with Gasteiger partial charge in [-0.1, -0.05) is 12.6 Å². The van der Waals surface area contributed by atoms with Crippen LogP contribution in [0.5, 0.6) is 17.4 Å². The molecule has 0 aliphatic carbocycles. The monoisotopic (exact) mass is 545 g/mol. The molecule has 2 aromatic carbocycles. The van der Waals surface area contributed by atoms with Gasteiger partial charge in [0.15, 0.2) is 23.0 Å². The number of aromatic nitrogens is 5. The van der Waals surface area contributed by atoms with E-state index < -0.39 is 23.1 Å². The minimum absolute atomic E-state index is 0.126. The minimum atomic E-state index is -0.985. The lowest BCUT2D eigenvalue weighted by Gasteiger charge is -2.15. The second kappa shape index (κ2) is 10.6. The number of halogens is 2.